The second kappa shape index (κ2) is 4.40. The van der Waals surface area contributed by atoms with Crippen LogP contribution >= 0.6 is 0 Å². The van der Waals surface area contributed by atoms with Crippen molar-refractivity contribution in [3.63, 3.8) is 0 Å². The lowest BCUT2D eigenvalue weighted by Crippen LogP contribution is -2.30. The number of Topliss-reactive ketones (excluding diaryl/α,β-unsaturated/α-hetero) is 1. The molecular formula is C11H15NO2Si. The summed E-state index contributed by atoms with van der Waals surface area (Å²) in [6.45, 7) is 6.16. The van der Waals surface area contributed by atoms with Gasteiger partial charge in [-0.3, -0.25) is 4.79 Å². The predicted octanol–water partition coefficient (Wildman–Crippen LogP) is 2.73. The molecule has 80 valence electrons. The van der Waals surface area contributed by atoms with Gasteiger partial charge in [0.25, 0.3) is 0 Å². The number of para-hydroxylation sites is 1. The van der Waals surface area contributed by atoms with Crippen LogP contribution in [0.25, 0.3) is 0 Å². The lowest BCUT2D eigenvalue weighted by Gasteiger charge is -2.20. The zero-order chi connectivity index (χ0) is 11.5. The molecule has 0 aromatic heterocycles. The summed E-state index contributed by atoms with van der Waals surface area (Å²) in [4.78, 5) is 11.4. The summed E-state index contributed by atoms with van der Waals surface area (Å²) in [7, 11) is -1.72. The zero-order valence-electron chi connectivity index (χ0n) is 9.20. The molecular weight excluding hydrogens is 206 g/mol. The Bertz CT molecular complexity index is 382. The lowest BCUT2D eigenvalue weighted by atomic mass is 10.1. The van der Waals surface area contributed by atoms with Crippen LogP contribution in [0.3, 0.4) is 0 Å². The van der Waals surface area contributed by atoms with Crippen LogP contribution in [0.1, 0.15) is 10.4 Å². The Morgan fingerprint density at radius 2 is 1.93 bits per heavy atom. The number of benzene rings is 1. The molecule has 4 heteroatoms. The van der Waals surface area contributed by atoms with E-state index in [4.69, 9.17) is 9.84 Å². The van der Waals surface area contributed by atoms with Crippen LogP contribution in [0.4, 0.5) is 0 Å². The molecule has 0 atom stereocenters. The second-order valence-corrected chi connectivity index (χ2v) is 8.65. The fourth-order valence-electron chi connectivity index (χ4n) is 1.17. The summed E-state index contributed by atoms with van der Waals surface area (Å²) in [5.74, 6) is 0.272. The summed E-state index contributed by atoms with van der Waals surface area (Å²) in [5.41, 5.74) is 0.468. The second-order valence-electron chi connectivity index (χ2n) is 4.22. The van der Waals surface area contributed by atoms with E-state index in [0.717, 1.165) is 6.21 Å². The third-order valence-electron chi connectivity index (χ3n) is 1.70. The van der Waals surface area contributed by atoms with Gasteiger partial charge in [-0.15, -0.1) is 0 Å². The summed E-state index contributed by atoms with van der Waals surface area (Å²) < 4.78 is 5.77. The minimum Gasteiger partial charge on any atom is -0.544 e. The maximum Gasteiger partial charge on any atom is 0.242 e. The van der Waals surface area contributed by atoms with E-state index in [1.165, 1.54) is 0 Å². The van der Waals surface area contributed by atoms with Gasteiger partial charge in [0.15, 0.2) is 0 Å². The van der Waals surface area contributed by atoms with Crippen molar-refractivity contribution in [1.82, 2.24) is 0 Å². The number of rotatable bonds is 4. The van der Waals surface area contributed by atoms with Crippen molar-refractivity contribution in [1.29, 1.82) is 5.41 Å². The molecule has 0 amide bonds. The first-order chi connectivity index (χ1) is 6.94. The zero-order valence-corrected chi connectivity index (χ0v) is 10.2. The van der Waals surface area contributed by atoms with E-state index >= 15 is 0 Å². The van der Waals surface area contributed by atoms with Crippen LogP contribution in [0.2, 0.25) is 19.6 Å². The van der Waals surface area contributed by atoms with Crippen molar-refractivity contribution >= 4 is 20.3 Å². The summed E-state index contributed by atoms with van der Waals surface area (Å²) in [6.07, 6.45) is 0.812. The fourth-order valence-corrected chi connectivity index (χ4v) is 2.00. The molecule has 0 aliphatic rings. The van der Waals surface area contributed by atoms with Gasteiger partial charge in [0.2, 0.25) is 14.1 Å². The smallest absolute Gasteiger partial charge is 0.242 e. The molecule has 0 aliphatic carbocycles. The van der Waals surface area contributed by atoms with E-state index in [1.807, 2.05) is 6.07 Å². The Morgan fingerprint density at radius 1 is 1.33 bits per heavy atom. The standard InChI is InChI=1S/C11H15NO2Si/c1-15(2,3)14-11-7-5-4-6-9(11)10(13)8-12/h4-8,12H,1-3H3. The van der Waals surface area contributed by atoms with Crippen molar-refractivity contribution in [2.45, 2.75) is 19.6 Å². The molecule has 0 saturated heterocycles. The largest absolute Gasteiger partial charge is 0.544 e. The molecule has 1 rings (SSSR count). The number of carbonyl (C=O) groups excluding carboxylic acids is 1. The molecule has 1 aromatic carbocycles. The van der Waals surface area contributed by atoms with Crippen molar-refractivity contribution in [2.24, 2.45) is 0 Å². The van der Waals surface area contributed by atoms with Crippen LogP contribution in [0.15, 0.2) is 24.3 Å². The molecule has 0 aliphatic heterocycles. The highest BCUT2D eigenvalue weighted by Crippen LogP contribution is 2.21. The van der Waals surface area contributed by atoms with Gasteiger partial charge in [-0.05, 0) is 31.8 Å². The summed E-state index contributed by atoms with van der Waals surface area (Å²) in [5, 5.41) is 6.96. The molecule has 15 heavy (non-hydrogen) atoms. The Labute approximate surface area is 90.7 Å². The predicted molar refractivity (Wildman–Crippen MR) is 63.5 cm³/mol. The molecule has 0 spiro atoms. The van der Waals surface area contributed by atoms with Gasteiger partial charge >= 0.3 is 0 Å². The fraction of sp³-hybridized carbons (Fsp3) is 0.273. The van der Waals surface area contributed by atoms with Gasteiger partial charge in [0, 0.05) is 0 Å². The van der Waals surface area contributed by atoms with Crippen molar-refractivity contribution in [2.75, 3.05) is 0 Å². The SMILES string of the molecule is C[Si](C)(C)Oc1ccccc1C(=O)C=N. The van der Waals surface area contributed by atoms with Crippen LogP contribution in [-0.4, -0.2) is 20.3 Å². The van der Waals surface area contributed by atoms with Gasteiger partial charge < -0.3 is 9.84 Å². The maximum atomic E-state index is 11.4. The average molecular weight is 221 g/mol. The molecule has 0 heterocycles. The molecule has 3 nitrogen and oxygen atoms in total. The Balaban J connectivity index is 3.07. The first kappa shape index (κ1) is 11.7. The number of ketones is 1. The summed E-state index contributed by atoms with van der Waals surface area (Å²) >= 11 is 0. The van der Waals surface area contributed by atoms with E-state index in [-0.39, 0.29) is 5.78 Å². The summed E-state index contributed by atoms with van der Waals surface area (Å²) in [6, 6.07) is 7.06. The van der Waals surface area contributed by atoms with E-state index in [2.05, 4.69) is 19.6 Å². The van der Waals surface area contributed by atoms with Gasteiger partial charge in [-0.1, -0.05) is 12.1 Å². The van der Waals surface area contributed by atoms with E-state index in [9.17, 15) is 4.79 Å². The topological polar surface area (TPSA) is 50.2 Å². The monoisotopic (exact) mass is 221 g/mol. The highest BCUT2D eigenvalue weighted by molar-refractivity contribution is 6.70. The molecule has 1 aromatic rings. The normalized spacial score (nSPS) is 10.9. The van der Waals surface area contributed by atoms with Crippen LogP contribution in [0.5, 0.6) is 5.75 Å². The lowest BCUT2D eigenvalue weighted by molar-refractivity contribution is 0.106. The highest BCUT2D eigenvalue weighted by atomic mass is 28.4. The van der Waals surface area contributed by atoms with E-state index in [0.29, 0.717) is 11.3 Å². The van der Waals surface area contributed by atoms with E-state index in [1.54, 1.807) is 18.2 Å². The first-order valence-electron chi connectivity index (χ1n) is 4.77. The van der Waals surface area contributed by atoms with Crippen molar-refractivity contribution in [3.05, 3.63) is 29.8 Å². The molecule has 0 fully saturated rings. The molecule has 0 unspecified atom stereocenters. The first-order valence-corrected chi connectivity index (χ1v) is 8.18. The minimum atomic E-state index is -1.72. The Morgan fingerprint density at radius 3 is 2.47 bits per heavy atom. The van der Waals surface area contributed by atoms with Crippen molar-refractivity contribution < 1.29 is 9.22 Å². The minimum absolute atomic E-state index is 0.316. The van der Waals surface area contributed by atoms with Crippen LogP contribution < -0.4 is 4.43 Å². The number of nitrogens with one attached hydrogen (secondary N) is 1. The number of carbonyl (C=O) groups is 1. The van der Waals surface area contributed by atoms with Crippen molar-refractivity contribution in [3.8, 4) is 5.75 Å². The molecule has 0 radical (unpaired) electrons. The molecule has 1 N–H and O–H groups in total. The quantitative estimate of drug-likeness (QED) is 0.483. The Kier molecular flexibility index (Phi) is 3.42. The van der Waals surface area contributed by atoms with E-state index < -0.39 is 8.32 Å². The molecule has 0 bridgehead atoms. The number of hydrogen-bond donors (Lipinski definition) is 1. The maximum absolute atomic E-state index is 11.4. The molecule has 0 saturated carbocycles. The van der Waals surface area contributed by atoms with Gasteiger partial charge in [-0.25, -0.2) is 0 Å². The number of hydrogen-bond acceptors (Lipinski definition) is 3. The van der Waals surface area contributed by atoms with Crippen LogP contribution in [-0.2, 0) is 0 Å². The average Bonchev–Trinajstić information content (AvgIpc) is 2.15. The van der Waals surface area contributed by atoms with Gasteiger partial charge in [0.1, 0.15) is 5.75 Å². The third-order valence-corrected chi connectivity index (χ3v) is 2.53. The third kappa shape index (κ3) is 3.32. The van der Waals surface area contributed by atoms with Gasteiger partial charge in [-0.2, -0.15) is 0 Å². The Hall–Kier alpha value is -1.42. The van der Waals surface area contributed by atoms with Gasteiger partial charge in [0.05, 0.1) is 11.8 Å². The van der Waals surface area contributed by atoms with Crippen LogP contribution in [0, 0.1) is 5.41 Å². The highest BCUT2D eigenvalue weighted by Gasteiger charge is 2.19.